The zero-order valence-electron chi connectivity index (χ0n) is 11.3. The number of oxazole rings is 1. The van der Waals surface area contributed by atoms with Gasteiger partial charge in [0.1, 0.15) is 5.52 Å². The zero-order valence-corrected chi connectivity index (χ0v) is 11.3. The fourth-order valence-electron chi connectivity index (χ4n) is 2.00. The van der Waals surface area contributed by atoms with E-state index in [0.29, 0.717) is 23.7 Å². The van der Waals surface area contributed by atoms with Crippen LogP contribution in [0.5, 0.6) is 0 Å². The fraction of sp³-hybridized carbons (Fsp3) is 0.133. The van der Waals surface area contributed by atoms with Gasteiger partial charge in [-0.05, 0) is 36.8 Å². The van der Waals surface area contributed by atoms with Crippen LogP contribution in [0, 0.1) is 6.92 Å². The van der Waals surface area contributed by atoms with Crippen molar-refractivity contribution in [1.82, 2.24) is 9.97 Å². The number of hydrogen-bond acceptors (Lipinski definition) is 5. The van der Waals surface area contributed by atoms with Crippen LogP contribution in [0.1, 0.15) is 21.6 Å². The molecule has 0 amide bonds. The highest BCUT2D eigenvalue weighted by Gasteiger charge is 2.10. The second kappa shape index (κ2) is 5.24. The highest BCUT2D eigenvalue weighted by atomic mass is 16.4. The molecule has 2 N–H and O–H groups in total. The first-order chi connectivity index (χ1) is 10.1. The topological polar surface area (TPSA) is 88.2 Å². The molecule has 0 saturated carbocycles. The molecule has 0 aliphatic carbocycles. The molecule has 0 atom stereocenters. The van der Waals surface area contributed by atoms with E-state index in [4.69, 9.17) is 9.52 Å². The lowest BCUT2D eigenvalue weighted by Gasteiger charge is -2.03. The fourth-order valence-corrected chi connectivity index (χ4v) is 2.00. The van der Waals surface area contributed by atoms with Gasteiger partial charge >= 0.3 is 5.97 Å². The zero-order chi connectivity index (χ0) is 14.8. The van der Waals surface area contributed by atoms with E-state index in [1.54, 1.807) is 12.3 Å². The Bertz CT molecular complexity index is 811. The molecule has 2 aromatic heterocycles. The molecule has 6 nitrogen and oxygen atoms in total. The molecular weight excluding hydrogens is 270 g/mol. The summed E-state index contributed by atoms with van der Waals surface area (Å²) in [6, 6.07) is 8.79. The molecule has 3 aromatic rings. The predicted molar refractivity (Wildman–Crippen MR) is 77.3 cm³/mol. The minimum absolute atomic E-state index is 0.172. The van der Waals surface area contributed by atoms with Crippen molar-refractivity contribution in [3.05, 3.63) is 53.3 Å². The third-order valence-corrected chi connectivity index (χ3v) is 3.16. The molecule has 0 aliphatic rings. The van der Waals surface area contributed by atoms with Crippen molar-refractivity contribution >= 4 is 23.1 Å². The van der Waals surface area contributed by atoms with E-state index >= 15 is 0 Å². The van der Waals surface area contributed by atoms with Gasteiger partial charge in [-0.3, -0.25) is 4.98 Å². The van der Waals surface area contributed by atoms with Gasteiger partial charge in [-0.1, -0.05) is 6.07 Å². The monoisotopic (exact) mass is 283 g/mol. The Balaban J connectivity index is 1.82. The van der Waals surface area contributed by atoms with Crippen LogP contribution in [-0.2, 0) is 6.54 Å². The first-order valence-corrected chi connectivity index (χ1v) is 6.42. The van der Waals surface area contributed by atoms with Gasteiger partial charge in [0.25, 0.3) is 6.01 Å². The van der Waals surface area contributed by atoms with Crippen molar-refractivity contribution in [1.29, 1.82) is 0 Å². The average molecular weight is 283 g/mol. The maximum atomic E-state index is 10.9. The number of anilines is 1. The summed E-state index contributed by atoms with van der Waals surface area (Å²) in [6.45, 7) is 2.47. The van der Waals surface area contributed by atoms with Crippen molar-refractivity contribution in [3.8, 4) is 0 Å². The summed E-state index contributed by atoms with van der Waals surface area (Å²) >= 11 is 0. The van der Waals surface area contributed by atoms with Crippen LogP contribution < -0.4 is 5.32 Å². The highest BCUT2D eigenvalue weighted by Crippen LogP contribution is 2.20. The second-order valence-corrected chi connectivity index (χ2v) is 4.63. The summed E-state index contributed by atoms with van der Waals surface area (Å²) in [4.78, 5) is 19.4. The molecule has 0 spiro atoms. The number of hydrogen-bond donors (Lipinski definition) is 2. The largest absolute Gasteiger partial charge is 0.478 e. The summed E-state index contributed by atoms with van der Waals surface area (Å²) in [6.07, 6.45) is 1.73. The van der Waals surface area contributed by atoms with Crippen LogP contribution in [0.4, 0.5) is 6.01 Å². The van der Waals surface area contributed by atoms with Gasteiger partial charge in [0.2, 0.25) is 0 Å². The van der Waals surface area contributed by atoms with Crippen LogP contribution in [0.25, 0.3) is 11.1 Å². The van der Waals surface area contributed by atoms with Crippen molar-refractivity contribution in [2.24, 2.45) is 0 Å². The van der Waals surface area contributed by atoms with E-state index in [1.807, 2.05) is 19.1 Å². The van der Waals surface area contributed by atoms with E-state index < -0.39 is 5.97 Å². The van der Waals surface area contributed by atoms with E-state index in [0.717, 1.165) is 11.3 Å². The molecule has 0 bridgehead atoms. The minimum atomic E-state index is -0.994. The SMILES string of the molecule is Cc1cccnc1CNc1nc2ccc(C(=O)O)cc2o1. The predicted octanol–water partition coefficient (Wildman–Crippen LogP) is 2.84. The molecule has 6 heteroatoms. The molecule has 2 heterocycles. The Labute approximate surface area is 120 Å². The third kappa shape index (κ3) is 2.69. The number of pyridine rings is 1. The van der Waals surface area contributed by atoms with Crippen molar-refractivity contribution in [3.63, 3.8) is 0 Å². The van der Waals surface area contributed by atoms with Crippen molar-refractivity contribution in [2.45, 2.75) is 13.5 Å². The molecule has 3 rings (SSSR count). The number of aryl methyl sites for hydroxylation is 1. The first-order valence-electron chi connectivity index (χ1n) is 6.42. The molecular formula is C15H13N3O3. The molecule has 0 aliphatic heterocycles. The van der Waals surface area contributed by atoms with E-state index in [2.05, 4.69) is 15.3 Å². The van der Waals surface area contributed by atoms with Crippen molar-refractivity contribution < 1.29 is 14.3 Å². The molecule has 0 saturated heterocycles. The molecule has 0 radical (unpaired) electrons. The summed E-state index contributed by atoms with van der Waals surface area (Å²) < 4.78 is 5.51. The number of aromatic nitrogens is 2. The number of carboxylic acids is 1. The minimum Gasteiger partial charge on any atom is -0.478 e. The molecule has 0 unspecified atom stereocenters. The first kappa shape index (κ1) is 13.1. The van der Waals surface area contributed by atoms with E-state index in [9.17, 15) is 4.79 Å². The van der Waals surface area contributed by atoms with Gasteiger partial charge in [0.15, 0.2) is 5.58 Å². The second-order valence-electron chi connectivity index (χ2n) is 4.63. The lowest BCUT2D eigenvalue weighted by Crippen LogP contribution is -2.03. The van der Waals surface area contributed by atoms with E-state index in [1.165, 1.54) is 12.1 Å². The van der Waals surface area contributed by atoms with Gasteiger partial charge in [0.05, 0.1) is 17.8 Å². The van der Waals surface area contributed by atoms with Gasteiger partial charge < -0.3 is 14.8 Å². The highest BCUT2D eigenvalue weighted by molar-refractivity contribution is 5.92. The standard InChI is InChI=1S/C15H13N3O3/c1-9-3-2-6-16-12(9)8-17-15-18-11-5-4-10(14(19)20)7-13(11)21-15/h2-7H,8H2,1H3,(H,17,18)(H,19,20). The molecule has 21 heavy (non-hydrogen) atoms. The van der Waals surface area contributed by atoms with Gasteiger partial charge in [-0.2, -0.15) is 4.98 Å². The number of carbonyl (C=O) groups is 1. The van der Waals surface area contributed by atoms with Gasteiger partial charge in [0, 0.05) is 6.20 Å². The number of nitrogens with zero attached hydrogens (tertiary/aromatic N) is 2. The van der Waals surface area contributed by atoms with Gasteiger partial charge in [-0.25, -0.2) is 4.79 Å². The Kier molecular flexibility index (Phi) is 3.27. The smallest absolute Gasteiger partial charge is 0.335 e. The van der Waals surface area contributed by atoms with Crippen LogP contribution in [0.3, 0.4) is 0 Å². The Morgan fingerprint density at radius 2 is 2.24 bits per heavy atom. The third-order valence-electron chi connectivity index (χ3n) is 3.16. The number of aromatic carboxylic acids is 1. The van der Waals surface area contributed by atoms with Crippen LogP contribution in [0.2, 0.25) is 0 Å². The normalized spacial score (nSPS) is 10.7. The summed E-state index contributed by atoms with van der Waals surface area (Å²) in [5.74, 6) is -0.994. The van der Waals surface area contributed by atoms with Crippen LogP contribution >= 0.6 is 0 Å². The number of fused-ring (bicyclic) bond motifs is 1. The maximum Gasteiger partial charge on any atom is 0.335 e. The Morgan fingerprint density at radius 3 is 3.00 bits per heavy atom. The molecule has 106 valence electrons. The summed E-state index contributed by atoms with van der Waals surface area (Å²) in [5.41, 5.74) is 3.21. The lowest BCUT2D eigenvalue weighted by atomic mass is 10.2. The molecule has 0 fully saturated rings. The summed E-state index contributed by atoms with van der Waals surface area (Å²) in [7, 11) is 0. The Morgan fingerprint density at radius 1 is 1.38 bits per heavy atom. The molecule has 1 aromatic carbocycles. The van der Waals surface area contributed by atoms with Crippen molar-refractivity contribution in [2.75, 3.05) is 5.32 Å². The lowest BCUT2D eigenvalue weighted by molar-refractivity contribution is 0.0697. The number of rotatable bonds is 4. The quantitative estimate of drug-likeness (QED) is 0.765. The average Bonchev–Trinajstić information content (AvgIpc) is 2.88. The number of nitrogens with one attached hydrogen (secondary N) is 1. The number of carboxylic acid groups (broad SMARTS) is 1. The maximum absolute atomic E-state index is 10.9. The summed E-state index contributed by atoms with van der Waals surface area (Å²) in [5, 5.41) is 12.0. The Hall–Kier alpha value is -2.89. The number of benzene rings is 1. The van der Waals surface area contributed by atoms with Gasteiger partial charge in [-0.15, -0.1) is 0 Å². The van der Waals surface area contributed by atoms with Crippen LogP contribution in [-0.4, -0.2) is 21.0 Å². The van der Waals surface area contributed by atoms with Crippen LogP contribution in [0.15, 0.2) is 40.9 Å². The van der Waals surface area contributed by atoms with E-state index in [-0.39, 0.29) is 5.56 Å².